The van der Waals surface area contributed by atoms with Gasteiger partial charge in [0.15, 0.2) is 5.60 Å². The second kappa shape index (κ2) is 5.87. The van der Waals surface area contributed by atoms with Crippen LogP contribution in [0.25, 0.3) is 10.8 Å². The third-order valence-electron chi connectivity index (χ3n) is 4.70. The number of benzene rings is 3. The minimum absolute atomic E-state index is 0.561. The van der Waals surface area contributed by atoms with Gasteiger partial charge in [0.2, 0.25) is 0 Å². The molecule has 3 nitrogen and oxygen atoms in total. The van der Waals surface area contributed by atoms with Crippen molar-refractivity contribution in [2.75, 3.05) is 6.61 Å². The first-order valence-corrected chi connectivity index (χ1v) is 8.66. The van der Waals surface area contributed by atoms with Crippen LogP contribution in [0.15, 0.2) is 59.6 Å². The molecule has 3 aromatic rings. The number of ether oxygens (including phenoxy) is 1. The SMILES string of the molecule is CCOc1cc(C2(O)C(C)=Nc3ccc(Cl)cc32)c2ccccc2c1. The molecule has 1 heterocycles. The maximum absolute atomic E-state index is 11.8. The molecule has 1 aliphatic heterocycles. The Balaban J connectivity index is 2.04. The Morgan fingerprint density at radius 3 is 2.68 bits per heavy atom. The van der Waals surface area contributed by atoms with Gasteiger partial charge in [-0.1, -0.05) is 35.9 Å². The Kier molecular flexibility index (Phi) is 3.78. The third-order valence-corrected chi connectivity index (χ3v) is 4.93. The van der Waals surface area contributed by atoms with Gasteiger partial charge in [0.25, 0.3) is 0 Å². The summed E-state index contributed by atoms with van der Waals surface area (Å²) in [6.45, 7) is 4.35. The van der Waals surface area contributed by atoms with Crippen LogP contribution in [-0.4, -0.2) is 17.4 Å². The van der Waals surface area contributed by atoms with Gasteiger partial charge in [0.1, 0.15) is 5.75 Å². The number of rotatable bonds is 3. The van der Waals surface area contributed by atoms with E-state index >= 15 is 0 Å². The van der Waals surface area contributed by atoms with Crippen LogP contribution in [0.5, 0.6) is 5.75 Å². The number of halogens is 1. The lowest BCUT2D eigenvalue weighted by Crippen LogP contribution is -2.32. The van der Waals surface area contributed by atoms with Crippen LogP contribution in [0.4, 0.5) is 5.69 Å². The van der Waals surface area contributed by atoms with Crippen molar-refractivity contribution in [2.24, 2.45) is 4.99 Å². The van der Waals surface area contributed by atoms with Gasteiger partial charge < -0.3 is 9.84 Å². The first kappa shape index (κ1) is 16.1. The maximum atomic E-state index is 11.8. The van der Waals surface area contributed by atoms with Gasteiger partial charge in [-0.2, -0.15) is 0 Å². The van der Waals surface area contributed by atoms with Crippen LogP contribution >= 0.6 is 11.6 Å². The van der Waals surface area contributed by atoms with E-state index in [0.717, 1.165) is 27.8 Å². The summed E-state index contributed by atoms with van der Waals surface area (Å²) in [6.07, 6.45) is 0. The van der Waals surface area contributed by atoms with Crippen molar-refractivity contribution >= 4 is 33.8 Å². The Morgan fingerprint density at radius 1 is 1.08 bits per heavy atom. The molecule has 4 rings (SSSR count). The van der Waals surface area contributed by atoms with E-state index in [4.69, 9.17) is 16.3 Å². The van der Waals surface area contributed by atoms with E-state index in [0.29, 0.717) is 22.9 Å². The van der Waals surface area contributed by atoms with Crippen LogP contribution in [0.3, 0.4) is 0 Å². The third kappa shape index (κ3) is 2.43. The fourth-order valence-electron chi connectivity index (χ4n) is 3.52. The molecule has 25 heavy (non-hydrogen) atoms. The van der Waals surface area contributed by atoms with Crippen molar-refractivity contribution < 1.29 is 9.84 Å². The summed E-state index contributed by atoms with van der Waals surface area (Å²) in [5.74, 6) is 0.730. The lowest BCUT2D eigenvalue weighted by Gasteiger charge is -2.27. The van der Waals surface area contributed by atoms with E-state index in [-0.39, 0.29) is 0 Å². The van der Waals surface area contributed by atoms with Crippen LogP contribution in [0, 0.1) is 0 Å². The zero-order valence-electron chi connectivity index (χ0n) is 14.1. The molecule has 126 valence electrons. The number of aliphatic imine (C=N–C) groups is 1. The molecule has 0 spiro atoms. The lowest BCUT2D eigenvalue weighted by molar-refractivity contribution is 0.160. The Labute approximate surface area is 151 Å². The maximum Gasteiger partial charge on any atom is 0.156 e. The van der Waals surface area contributed by atoms with Crippen LogP contribution in [0.1, 0.15) is 25.0 Å². The van der Waals surface area contributed by atoms with E-state index in [1.807, 2.05) is 56.3 Å². The highest BCUT2D eigenvalue weighted by atomic mass is 35.5. The fraction of sp³-hybridized carbons (Fsp3) is 0.190. The number of fused-ring (bicyclic) bond motifs is 2. The average Bonchev–Trinajstić information content (AvgIpc) is 2.86. The molecule has 0 bridgehead atoms. The molecular weight excluding hydrogens is 334 g/mol. The standard InChI is InChI=1S/C21H18ClNO2/c1-3-25-16-10-14-6-4-5-7-17(14)18(12-16)21(24)13(2)23-20-9-8-15(22)11-19(20)21/h4-12,24H,3H2,1-2H3. The molecule has 0 aliphatic carbocycles. The Bertz CT molecular complexity index is 1010. The van der Waals surface area contributed by atoms with E-state index in [9.17, 15) is 5.11 Å². The molecular formula is C21H18ClNO2. The summed E-state index contributed by atoms with van der Waals surface area (Å²) in [6, 6.07) is 17.3. The summed E-state index contributed by atoms with van der Waals surface area (Å²) < 4.78 is 5.73. The zero-order valence-corrected chi connectivity index (χ0v) is 14.8. The first-order valence-electron chi connectivity index (χ1n) is 8.28. The monoisotopic (exact) mass is 351 g/mol. The van der Waals surface area contributed by atoms with Gasteiger partial charge in [0.05, 0.1) is 18.0 Å². The van der Waals surface area contributed by atoms with Gasteiger partial charge in [-0.05, 0) is 55.0 Å². The minimum atomic E-state index is -1.33. The number of aliphatic hydroxyl groups is 1. The van der Waals surface area contributed by atoms with Crippen molar-refractivity contribution in [3.05, 3.63) is 70.7 Å². The second-order valence-corrected chi connectivity index (χ2v) is 6.63. The molecule has 0 saturated carbocycles. The quantitative estimate of drug-likeness (QED) is 0.701. The topological polar surface area (TPSA) is 41.8 Å². The van der Waals surface area contributed by atoms with Crippen molar-refractivity contribution in [3.63, 3.8) is 0 Å². The van der Waals surface area contributed by atoms with Crippen molar-refractivity contribution in [1.82, 2.24) is 0 Å². The van der Waals surface area contributed by atoms with Gasteiger partial charge in [-0.25, -0.2) is 0 Å². The number of hydrogen-bond donors (Lipinski definition) is 1. The number of nitrogens with zero attached hydrogens (tertiary/aromatic N) is 1. The fourth-order valence-corrected chi connectivity index (χ4v) is 3.70. The molecule has 3 aromatic carbocycles. The van der Waals surface area contributed by atoms with Crippen molar-refractivity contribution in [1.29, 1.82) is 0 Å². The largest absolute Gasteiger partial charge is 0.494 e. The van der Waals surface area contributed by atoms with Gasteiger partial charge in [-0.15, -0.1) is 0 Å². The van der Waals surface area contributed by atoms with Crippen LogP contribution in [-0.2, 0) is 5.60 Å². The number of hydrogen-bond acceptors (Lipinski definition) is 3. The van der Waals surface area contributed by atoms with Gasteiger partial charge in [-0.3, -0.25) is 4.99 Å². The molecule has 0 fully saturated rings. The molecule has 1 aliphatic rings. The molecule has 0 saturated heterocycles. The molecule has 0 aromatic heterocycles. The summed E-state index contributed by atoms with van der Waals surface area (Å²) in [7, 11) is 0. The van der Waals surface area contributed by atoms with E-state index in [2.05, 4.69) is 4.99 Å². The van der Waals surface area contributed by atoms with E-state index < -0.39 is 5.60 Å². The summed E-state index contributed by atoms with van der Waals surface area (Å²) in [5.41, 5.74) is 1.51. The molecule has 0 amide bonds. The first-order chi connectivity index (χ1) is 12.0. The molecule has 4 heteroatoms. The molecule has 1 N–H and O–H groups in total. The summed E-state index contributed by atoms with van der Waals surface area (Å²) in [5, 5.41) is 14.3. The van der Waals surface area contributed by atoms with E-state index in [1.54, 1.807) is 12.1 Å². The van der Waals surface area contributed by atoms with Gasteiger partial charge in [0, 0.05) is 16.1 Å². The van der Waals surface area contributed by atoms with Gasteiger partial charge >= 0.3 is 0 Å². The molecule has 1 unspecified atom stereocenters. The highest BCUT2D eigenvalue weighted by Crippen LogP contribution is 2.46. The van der Waals surface area contributed by atoms with Crippen LogP contribution < -0.4 is 4.74 Å². The van der Waals surface area contributed by atoms with Crippen LogP contribution in [0.2, 0.25) is 5.02 Å². The predicted octanol–water partition coefficient (Wildman–Crippen LogP) is 5.23. The zero-order chi connectivity index (χ0) is 17.6. The smallest absolute Gasteiger partial charge is 0.156 e. The second-order valence-electron chi connectivity index (χ2n) is 6.19. The highest BCUT2D eigenvalue weighted by Gasteiger charge is 2.42. The summed E-state index contributed by atoms with van der Waals surface area (Å²) >= 11 is 6.20. The normalized spacial score (nSPS) is 19.0. The molecule has 0 radical (unpaired) electrons. The highest BCUT2D eigenvalue weighted by molar-refractivity contribution is 6.31. The van der Waals surface area contributed by atoms with E-state index in [1.165, 1.54) is 0 Å². The minimum Gasteiger partial charge on any atom is -0.494 e. The van der Waals surface area contributed by atoms with Crippen molar-refractivity contribution in [3.8, 4) is 5.75 Å². The molecule has 1 atom stereocenters. The Morgan fingerprint density at radius 2 is 1.88 bits per heavy atom. The summed E-state index contributed by atoms with van der Waals surface area (Å²) in [4.78, 5) is 4.57. The lowest BCUT2D eigenvalue weighted by atomic mass is 9.81. The average molecular weight is 352 g/mol. The van der Waals surface area contributed by atoms with Crippen molar-refractivity contribution in [2.45, 2.75) is 19.4 Å². The predicted molar refractivity (Wildman–Crippen MR) is 102 cm³/mol. The Hall–Kier alpha value is -2.36.